The molecule has 1 rings (SSSR count). The number of methoxy groups -OCH3 is 1. The molecule has 20 heavy (non-hydrogen) atoms. The SMILES string of the molecule is COc1cc(CC(=O)NCCOCC(=O)O)ccc1C. The van der Waals surface area contributed by atoms with E-state index in [1.165, 1.54) is 0 Å². The van der Waals surface area contributed by atoms with Gasteiger partial charge in [-0.15, -0.1) is 0 Å². The molecular weight excluding hydrogens is 262 g/mol. The van der Waals surface area contributed by atoms with Gasteiger partial charge in [-0.25, -0.2) is 4.79 Å². The van der Waals surface area contributed by atoms with Gasteiger partial charge in [0.25, 0.3) is 0 Å². The summed E-state index contributed by atoms with van der Waals surface area (Å²) in [6.07, 6.45) is 0.246. The first-order valence-electron chi connectivity index (χ1n) is 6.22. The molecule has 0 aliphatic heterocycles. The van der Waals surface area contributed by atoms with E-state index in [-0.39, 0.29) is 32.1 Å². The van der Waals surface area contributed by atoms with Crippen LogP contribution in [-0.2, 0) is 20.7 Å². The van der Waals surface area contributed by atoms with E-state index in [9.17, 15) is 9.59 Å². The minimum atomic E-state index is -1.02. The number of aliphatic carboxylic acids is 1. The second-order valence-corrected chi connectivity index (χ2v) is 4.28. The van der Waals surface area contributed by atoms with Gasteiger partial charge in [0.15, 0.2) is 0 Å². The molecule has 0 fully saturated rings. The van der Waals surface area contributed by atoms with Crippen LogP contribution in [0.3, 0.4) is 0 Å². The zero-order valence-corrected chi connectivity index (χ0v) is 11.6. The molecule has 2 N–H and O–H groups in total. The van der Waals surface area contributed by atoms with Gasteiger partial charge < -0.3 is 19.9 Å². The van der Waals surface area contributed by atoms with E-state index in [0.717, 1.165) is 16.9 Å². The van der Waals surface area contributed by atoms with Gasteiger partial charge in [0.2, 0.25) is 5.91 Å². The van der Waals surface area contributed by atoms with Gasteiger partial charge in [0.05, 0.1) is 20.1 Å². The van der Waals surface area contributed by atoms with Crippen LogP contribution in [0.5, 0.6) is 5.75 Å². The molecule has 1 amide bonds. The number of nitrogens with one attached hydrogen (secondary N) is 1. The third kappa shape index (κ3) is 5.71. The van der Waals surface area contributed by atoms with Gasteiger partial charge >= 0.3 is 5.97 Å². The summed E-state index contributed by atoms with van der Waals surface area (Å²) in [5, 5.41) is 11.0. The van der Waals surface area contributed by atoms with Gasteiger partial charge in [-0.3, -0.25) is 4.79 Å². The molecular formula is C14H19NO5. The van der Waals surface area contributed by atoms with Crippen LogP contribution in [0.15, 0.2) is 18.2 Å². The number of carbonyl (C=O) groups excluding carboxylic acids is 1. The van der Waals surface area contributed by atoms with Crippen molar-refractivity contribution in [2.24, 2.45) is 0 Å². The highest BCUT2D eigenvalue weighted by Gasteiger charge is 2.06. The van der Waals surface area contributed by atoms with Crippen molar-refractivity contribution >= 4 is 11.9 Å². The fourth-order valence-electron chi connectivity index (χ4n) is 1.64. The Labute approximate surface area is 117 Å². The zero-order chi connectivity index (χ0) is 15.0. The highest BCUT2D eigenvalue weighted by molar-refractivity contribution is 5.78. The van der Waals surface area contributed by atoms with Gasteiger partial charge in [-0.1, -0.05) is 12.1 Å². The van der Waals surface area contributed by atoms with Crippen LogP contribution in [0.25, 0.3) is 0 Å². The van der Waals surface area contributed by atoms with E-state index in [4.69, 9.17) is 14.6 Å². The van der Waals surface area contributed by atoms with E-state index in [2.05, 4.69) is 5.32 Å². The Morgan fingerprint density at radius 2 is 2.10 bits per heavy atom. The molecule has 1 aromatic carbocycles. The molecule has 6 nitrogen and oxygen atoms in total. The molecule has 0 aromatic heterocycles. The Balaban J connectivity index is 2.33. The summed E-state index contributed by atoms with van der Waals surface area (Å²) in [6, 6.07) is 5.60. The van der Waals surface area contributed by atoms with Gasteiger partial charge in [0, 0.05) is 6.54 Å². The number of aryl methyl sites for hydroxylation is 1. The van der Waals surface area contributed by atoms with Crippen LogP contribution < -0.4 is 10.1 Å². The molecule has 6 heteroatoms. The van der Waals surface area contributed by atoms with Crippen molar-refractivity contribution in [3.63, 3.8) is 0 Å². The lowest BCUT2D eigenvalue weighted by atomic mass is 10.1. The number of carbonyl (C=O) groups is 2. The summed E-state index contributed by atoms with van der Waals surface area (Å²) >= 11 is 0. The van der Waals surface area contributed by atoms with E-state index >= 15 is 0 Å². The largest absolute Gasteiger partial charge is 0.496 e. The average Bonchev–Trinajstić information content (AvgIpc) is 2.40. The molecule has 0 aliphatic carbocycles. The highest BCUT2D eigenvalue weighted by Crippen LogP contribution is 2.19. The molecule has 110 valence electrons. The predicted octanol–water partition coefficient (Wildman–Crippen LogP) is 0.764. The topological polar surface area (TPSA) is 84.9 Å². The number of hydrogen-bond acceptors (Lipinski definition) is 4. The number of benzene rings is 1. The zero-order valence-electron chi connectivity index (χ0n) is 11.6. The van der Waals surface area contributed by atoms with E-state index in [0.29, 0.717) is 0 Å². The Morgan fingerprint density at radius 1 is 1.35 bits per heavy atom. The van der Waals surface area contributed by atoms with Crippen LogP contribution in [0.2, 0.25) is 0 Å². The predicted molar refractivity (Wildman–Crippen MR) is 72.9 cm³/mol. The average molecular weight is 281 g/mol. The number of ether oxygens (including phenoxy) is 2. The van der Waals surface area contributed by atoms with Gasteiger partial charge in [-0.2, -0.15) is 0 Å². The maximum absolute atomic E-state index is 11.7. The van der Waals surface area contributed by atoms with E-state index in [1.54, 1.807) is 7.11 Å². The van der Waals surface area contributed by atoms with Crippen molar-refractivity contribution in [2.75, 3.05) is 26.9 Å². The van der Waals surface area contributed by atoms with E-state index in [1.807, 2.05) is 25.1 Å². The maximum Gasteiger partial charge on any atom is 0.329 e. The molecule has 0 saturated heterocycles. The molecule has 0 aliphatic rings. The van der Waals surface area contributed by atoms with Crippen molar-refractivity contribution < 1.29 is 24.2 Å². The summed E-state index contributed by atoms with van der Waals surface area (Å²) in [5.41, 5.74) is 1.87. The fraction of sp³-hybridized carbons (Fsp3) is 0.429. The lowest BCUT2D eigenvalue weighted by Crippen LogP contribution is -2.29. The molecule has 0 heterocycles. The van der Waals surface area contributed by atoms with Crippen molar-refractivity contribution in [3.8, 4) is 5.75 Å². The van der Waals surface area contributed by atoms with Crippen LogP contribution in [-0.4, -0.2) is 43.9 Å². The van der Waals surface area contributed by atoms with Crippen LogP contribution in [0.4, 0.5) is 0 Å². The molecule has 0 bridgehead atoms. The third-order valence-electron chi connectivity index (χ3n) is 2.63. The lowest BCUT2D eigenvalue weighted by molar-refractivity contribution is -0.142. The summed E-state index contributed by atoms with van der Waals surface area (Å²) in [6.45, 7) is 2.04. The first-order valence-corrected chi connectivity index (χ1v) is 6.22. The molecule has 0 atom stereocenters. The molecule has 0 spiro atoms. The molecule has 0 radical (unpaired) electrons. The first-order chi connectivity index (χ1) is 9.52. The number of carboxylic acid groups (broad SMARTS) is 1. The summed E-state index contributed by atoms with van der Waals surface area (Å²) in [7, 11) is 1.59. The highest BCUT2D eigenvalue weighted by atomic mass is 16.5. The lowest BCUT2D eigenvalue weighted by Gasteiger charge is -2.08. The number of amides is 1. The quantitative estimate of drug-likeness (QED) is 0.687. The van der Waals surface area contributed by atoms with Crippen molar-refractivity contribution in [3.05, 3.63) is 29.3 Å². The minimum absolute atomic E-state index is 0.144. The second-order valence-electron chi connectivity index (χ2n) is 4.28. The monoisotopic (exact) mass is 281 g/mol. The first kappa shape index (κ1) is 16.0. The van der Waals surface area contributed by atoms with Gasteiger partial charge in [-0.05, 0) is 24.1 Å². The second kappa shape index (κ2) is 8.16. The molecule has 0 saturated carbocycles. The van der Waals surface area contributed by atoms with Crippen molar-refractivity contribution in [1.29, 1.82) is 0 Å². The van der Waals surface area contributed by atoms with E-state index < -0.39 is 5.97 Å². The number of hydrogen-bond donors (Lipinski definition) is 2. The smallest absolute Gasteiger partial charge is 0.329 e. The molecule has 1 aromatic rings. The van der Waals surface area contributed by atoms with Crippen LogP contribution in [0, 0.1) is 6.92 Å². The third-order valence-corrected chi connectivity index (χ3v) is 2.63. The molecule has 0 unspecified atom stereocenters. The van der Waals surface area contributed by atoms with Crippen molar-refractivity contribution in [2.45, 2.75) is 13.3 Å². The van der Waals surface area contributed by atoms with Gasteiger partial charge in [0.1, 0.15) is 12.4 Å². The Kier molecular flexibility index (Phi) is 6.52. The fourth-order valence-corrected chi connectivity index (χ4v) is 1.64. The summed E-state index contributed by atoms with van der Waals surface area (Å²) in [5.74, 6) is -0.419. The number of rotatable bonds is 8. The summed E-state index contributed by atoms with van der Waals surface area (Å²) < 4.78 is 10.0. The Bertz CT molecular complexity index is 473. The standard InChI is InChI=1S/C14H19NO5/c1-10-3-4-11(7-12(10)19-2)8-13(16)15-5-6-20-9-14(17)18/h3-4,7H,5-6,8-9H2,1-2H3,(H,15,16)(H,17,18). The van der Waals surface area contributed by atoms with Crippen LogP contribution in [0.1, 0.15) is 11.1 Å². The maximum atomic E-state index is 11.7. The van der Waals surface area contributed by atoms with Crippen molar-refractivity contribution in [1.82, 2.24) is 5.32 Å². The number of carboxylic acids is 1. The Hall–Kier alpha value is -2.08. The normalized spacial score (nSPS) is 10.1. The van der Waals surface area contributed by atoms with Crippen LogP contribution >= 0.6 is 0 Å². The Morgan fingerprint density at radius 3 is 2.75 bits per heavy atom. The minimum Gasteiger partial charge on any atom is -0.496 e. The summed E-state index contributed by atoms with van der Waals surface area (Å²) in [4.78, 5) is 21.9.